The van der Waals surface area contributed by atoms with E-state index in [9.17, 15) is 0 Å². The summed E-state index contributed by atoms with van der Waals surface area (Å²) in [5.41, 5.74) is 3.33. The largest absolute Gasteiger partial charge is 0.295 e. The van der Waals surface area contributed by atoms with Crippen molar-refractivity contribution in [1.29, 1.82) is 0 Å². The van der Waals surface area contributed by atoms with E-state index in [1.54, 1.807) is 11.3 Å². The molecule has 4 aromatic rings. The molecule has 0 amide bonds. The Kier molecular flexibility index (Phi) is 5.84. The summed E-state index contributed by atoms with van der Waals surface area (Å²) in [5, 5.41) is 15.7. The van der Waals surface area contributed by atoms with Gasteiger partial charge in [-0.05, 0) is 29.5 Å². The molecule has 2 aromatic carbocycles. The molecule has 1 atom stereocenters. The van der Waals surface area contributed by atoms with E-state index in [1.807, 2.05) is 41.1 Å². The van der Waals surface area contributed by atoms with Crippen LogP contribution >= 0.6 is 11.3 Å². The van der Waals surface area contributed by atoms with Crippen LogP contribution in [0.5, 0.6) is 0 Å². The first-order valence-electron chi connectivity index (χ1n) is 10.6. The zero-order valence-electron chi connectivity index (χ0n) is 17.5. The molecular formula is C23H25N7S. The molecule has 2 aromatic heterocycles. The van der Waals surface area contributed by atoms with E-state index in [2.05, 4.69) is 61.9 Å². The lowest BCUT2D eigenvalue weighted by Crippen LogP contribution is -2.47. The van der Waals surface area contributed by atoms with Gasteiger partial charge >= 0.3 is 0 Å². The van der Waals surface area contributed by atoms with Gasteiger partial charge in [-0.2, -0.15) is 4.68 Å². The van der Waals surface area contributed by atoms with Gasteiger partial charge in [0.1, 0.15) is 5.01 Å². The molecule has 1 aliphatic heterocycles. The molecule has 1 aliphatic rings. The topological polar surface area (TPSA) is 63.0 Å². The lowest BCUT2D eigenvalue weighted by atomic mass is 10.2. The van der Waals surface area contributed by atoms with Crippen LogP contribution in [0.2, 0.25) is 0 Å². The van der Waals surface area contributed by atoms with E-state index < -0.39 is 0 Å². The number of benzene rings is 2. The molecule has 1 fully saturated rings. The number of piperazine rings is 1. The SMILES string of the molecule is CC(c1nnnn1-c1ccccc1)N1CCN(Cc2csc(-c3ccccc3)n2)CC1. The first kappa shape index (κ1) is 20.0. The Balaban J connectivity index is 1.20. The second-order valence-electron chi connectivity index (χ2n) is 7.78. The van der Waals surface area contributed by atoms with E-state index in [0.717, 1.165) is 54.9 Å². The molecule has 0 saturated carbocycles. The van der Waals surface area contributed by atoms with Crippen LogP contribution < -0.4 is 0 Å². The summed E-state index contributed by atoms with van der Waals surface area (Å²) in [5.74, 6) is 0.881. The summed E-state index contributed by atoms with van der Waals surface area (Å²) < 4.78 is 1.84. The Morgan fingerprint density at radius 2 is 1.65 bits per heavy atom. The first-order chi connectivity index (χ1) is 15.3. The van der Waals surface area contributed by atoms with Crippen molar-refractivity contribution < 1.29 is 0 Å². The highest BCUT2D eigenvalue weighted by Crippen LogP contribution is 2.25. The third-order valence-corrected chi connectivity index (χ3v) is 6.72. The average Bonchev–Trinajstić information content (AvgIpc) is 3.50. The molecule has 0 N–H and O–H groups in total. The number of para-hydroxylation sites is 1. The fourth-order valence-corrected chi connectivity index (χ4v) is 4.82. The van der Waals surface area contributed by atoms with Crippen LogP contribution in [-0.4, -0.2) is 61.2 Å². The Morgan fingerprint density at radius 3 is 2.39 bits per heavy atom. The maximum Gasteiger partial charge on any atom is 0.173 e. The molecule has 5 rings (SSSR count). The van der Waals surface area contributed by atoms with Crippen LogP contribution in [0.25, 0.3) is 16.3 Å². The van der Waals surface area contributed by atoms with Crippen molar-refractivity contribution in [2.75, 3.05) is 26.2 Å². The summed E-state index contributed by atoms with van der Waals surface area (Å²) >= 11 is 1.72. The van der Waals surface area contributed by atoms with Crippen LogP contribution in [0.1, 0.15) is 24.5 Å². The van der Waals surface area contributed by atoms with E-state index in [0.29, 0.717) is 0 Å². The summed E-state index contributed by atoms with van der Waals surface area (Å²) in [4.78, 5) is 9.78. The van der Waals surface area contributed by atoms with E-state index in [4.69, 9.17) is 4.98 Å². The zero-order chi connectivity index (χ0) is 21.0. The Bertz CT molecular complexity index is 1100. The number of aromatic nitrogens is 5. The van der Waals surface area contributed by atoms with Crippen LogP contribution in [0.15, 0.2) is 66.0 Å². The quantitative estimate of drug-likeness (QED) is 0.464. The number of nitrogens with zero attached hydrogens (tertiary/aromatic N) is 7. The first-order valence-corrected chi connectivity index (χ1v) is 11.5. The third-order valence-electron chi connectivity index (χ3n) is 5.78. The molecule has 3 heterocycles. The van der Waals surface area contributed by atoms with Crippen LogP contribution in [0.3, 0.4) is 0 Å². The van der Waals surface area contributed by atoms with Gasteiger partial charge in [-0.3, -0.25) is 9.80 Å². The molecule has 0 bridgehead atoms. The minimum Gasteiger partial charge on any atom is -0.295 e. The third kappa shape index (κ3) is 4.41. The molecule has 7 nitrogen and oxygen atoms in total. The summed E-state index contributed by atoms with van der Waals surface area (Å²) in [6.07, 6.45) is 0. The summed E-state index contributed by atoms with van der Waals surface area (Å²) in [7, 11) is 0. The van der Waals surface area contributed by atoms with E-state index in [1.165, 1.54) is 5.56 Å². The van der Waals surface area contributed by atoms with Gasteiger partial charge in [0.05, 0.1) is 17.4 Å². The second-order valence-corrected chi connectivity index (χ2v) is 8.64. The molecule has 1 saturated heterocycles. The van der Waals surface area contributed by atoms with Crippen molar-refractivity contribution in [3.63, 3.8) is 0 Å². The molecule has 0 spiro atoms. The minimum absolute atomic E-state index is 0.154. The maximum absolute atomic E-state index is 4.85. The Hall–Kier alpha value is -2.94. The lowest BCUT2D eigenvalue weighted by molar-refractivity contribution is 0.0933. The van der Waals surface area contributed by atoms with E-state index in [-0.39, 0.29) is 6.04 Å². The van der Waals surface area contributed by atoms with Crippen molar-refractivity contribution in [3.05, 3.63) is 77.6 Å². The number of hydrogen-bond acceptors (Lipinski definition) is 7. The number of tetrazole rings is 1. The highest BCUT2D eigenvalue weighted by Gasteiger charge is 2.26. The highest BCUT2D eigenvalue weighted by molar-refractivity contribution is 7.13. The fourth-order valence-electron chi connectivity index (χ4n) is 4.00. The molecule has 31 heavy (non-hydrogen) atoms. The Labute approximate surface area is 186 Å². The number of thiazole rings is 1. The smallest absolute Gasteiger partial charge is 0.173 e. The molecule has 8 heteroatoms. The predicted molar refractivity (Wildman–Crippen MR) is 122 cm³/mol. The van der Waals surface area contributed by atoms with Crippen molar-refractivity contribution in [2.45, 2.75) is 19.5 Å². The average molecular weight is 432 g/mol. The van der Waals surface area contributed by atoms with Gasteiger partial charge in [0, 0.05) is 43.7 Å². The van der Waals surface area contributed by atoms with Gasteiger partial charge in [-0.1, -0.05) is 48.5 Å². The van der Waals surface area contributed by atoms with Crippen molar-refractivity contribution in [1.82, 2.24) is 35.0 Å². The standard InChI is InChI=1S/C23H25N7S/c1-18(22-25-26-27-30(22)21-10-6-3-7-11-21)29-14-12-28(13-15-29)16-20-17-31-23(24-20)19-8-4-2-5-9-19/h2-11,17-18H,12-16H2,1H3. The minimum atomic E-state index is 0.154. The van der Waals surface area contributed by atoms with Gasteiger partial charge in [-0.15, -0.1) is 16.4 Å². The highest BCUT2D eigenvalue weighted by atomic mass is 32.1. The fraction of sp³-hybridized carbons (Fsp3) is 0.304. The van der Waals surface area contributed by atoms with Gasteiger partial charge < -0.3 is 0 Å². The van der Waals surface area contributed by atoms with Gasteiger partial charge in [0.2, 0.25) is 0 Å². The molecular weight excluding hydrogens is 406 g/mol. The van der Waals surface area contributed by atoms with Crippen LogP contribution in [-0.2, 0) is 6.54 Å². The summed E-state index contributed by atoms with van der Waals surface area (Å²) in [6, 6.07) is 20.6. The molecule has 158 valence electrons. The van der Waals surface area contributed by atoms with Gasteiger partial charge in [-0.25, -0.2) is 4.98 Å². The zero-order valence-corrected chi connectivity index (χ0v) is 18.3. The van der Waals surface area contributed by atoms with Crippen molar-refractivity contribution in [3.8, 4) is 16.3 Å². The predicted octanol–water partition coefficient (Wildman–Crippen LogP) is 3.66. The number of rotatable bonds is 6. The second kappa shape index (κ2) is 9.05. The van der Waals surface area contributed by atoms with Crippen LogP contribution in [0.4, 0.5) is 0 Å². The maximum atomic E-state index is 4.85. The Morgan fingerprint density at radius 1 is 0.935 bits per heavy atom. The van der Waals surface area contributed by atoms with Gasteiger partial charge in [0.15, 0.2) is 5.82 Å². The monoisotopic (exact) mass is 431 g/mol. The van der Waals surface area contributed by atoms with Gasteiger partial charge in [0.25, 0.3) is 0 Å². The number of hydrogen-bond donors (Lipinski definition) is 0. The molecule has 0 aliphatic carbocycles. The summed E-state index contributed by atoms with van der Waals surface area (Å²) in [6.45, 7) is 7.07. The normalized spacial score (nSPS) is 16.4. The molecule has 1 unspecified atom stereocenters. The van der Waals surface area contributed by atoms with Crippen LogP contribution in [0, 0.1) is 0 Å². The lowest BCUT2D eigenvalue weighted by Gasteiger charge is -2.37. The van der Waals surface area contributed by atoms with Crippen molar-refractivity contribution >= 4 is 11.3 Å². The van der Waals surface area contributed by atoms with E-state index >= 15 is 0 Å². The van der Waals surface area contributed by atoms with Crippen molar-refractivity contribution in [2.24, 2.45) is 0 Å². The molecule has 0 radical (unpaired) electrons.